The molecule has 1 atom stereocenters. The van der Waals surface area contributed by atoms with Crippen molar-refractivity contribution < 1.29 is 14.3 Å². The lowest BCUT2D eigenvalue weighted by molar-refractivity contribution is -0.117. The van der Waals surface area contributed by atoms with Crippen molar-refractivity contribution in [2.45, 2.75) is 25.8 Å². The van der Waals surface area contributed by atoms with Gasteiger partial charge in [-0.15, -0.1) is 0 Å². The van der Waals surface area contributed by atoms with E-state index in [2.05, 4.69) is 41.4 Å². The molecule has 0 aliphatic carbocycles. The Kier molecular flexibility index (Phi) is 5.78. The normalized spacial score (nSPS) is 17.1. The van der Waals surface area contributed by atoms with Crippen molar-refractivity contribution in [3.05, 3.63) is 53.6 Å². The maximum absolute atomic E-state index is 12.6. The summed E-state index contributed by atoms with van der Waals surface area (Å²) in [6.07, 6.45) is 2.21. The summed E-state index contributed by atoms with van der Waals surface area (Å²) in [5, 5.41) is 2.97. The smallest absolute Gasteiger partial charge is 0.238 e. The van der Waals surface area contributed by atoms with Gasteiger partial charge in [0, 0.05) is 17.8 Å². The van der Waals surface area contributed by atoms with Crippen LogP contribution in [-0.2, 0) is 4.79 Å². The van der Waals surface area contributed by atoms with Gasteiger partial charge in [0.05, 0.1) is 20.8 Å². The van der Waals surface area contributed by atoms with Crippen LogP contribution < -0.4 is 14.8 Å². The maximum atomic E-state index is 12.6. The fourth-order valence-electron chi connectivity index (χ4n) is 3.63. The SMILES string of the molecule is COc1ccc(NC(=O)CN2CCCC2c2ccccc2C)cc1OC. The Morgan fingerprint density at radius 1 is 1.15 bits per heavy atom. The van der Waals surface area contributed by atoms with Crippen LogP contribution in [0.4, 0.5) is 5.69 Å². The van der Waals surface area contributed by atoms with Crippen LogP contribution in [-0.4, -0.2) is 38.1 Å². The van der Waals surface area contributed by atoms with Crippen molar-refractivity contribution in [1.82, 2.24) is 4.90 Å². The molecule has 1 unspecified atom stereocenters. The second kappa shape index (κ2) is 8.23. The standard InChI is InChI=1S/C21H26N2O3/c1-15-7-4-5-8-17(15)18-9-6-12-23(18)14-21(24)22-16-10-11-19(25-2)20(13-16)26-3/h4-5,7-8,10-11,13,18H,6,9,12,14H2,1-3H3,(H,22,24). The summed E-state index contributed by atoms with van der Waals surface area (Å²) < 4.78 is 10.5. The number of carbonyl (C=O) groups is 1. The van der Waals surface area contributed by atoms with Gasteiger partial charge in [-0.05, 0) is 49.6 Å². The molecule has 2 aromatic rings. The number of hydrogen-bond donors (Lipinski definition) is 1. The van der Waals surface area contributed by atoms with Crippen LogP contribution in [0.5, 0.6) is 11.5 Å². The van der Waals surface area contributed by atoms with E-state index in [-0.39, 0.29) is 5.91 Å². The van der Waals surface area contributed by atoms with Gasteiger partial charge in [0.15, 0.2) is 11.5 Å². The number of carbonyl (C=O) groups excluding carboxylic acids is 1. The molecule has 0 saturated carbocycles. The predicted molar refractivity (Wildman–Crippen MR) is 103 cm³/mol. The van der Waals surface area contributed by atoms with Crippen LogP contribution in [0.3, 0.4) is 0 Å². The topological polar surface area (TPSA) is 50.8 Å². The molecular formula is C21H26N2O3. The molecule has 1 heterocycles. The Morgan fingerprint density at radius 3 is 2.65 bits per heavy atom. The number of rotatable bonds is 6. The fraction of sp³-hybridized carbons (Fsp3) is 0.381. The zero-order valence-electron chi connectivity index (χ0n) is 15.6. The van der Waals surface area contributed by atoms with Crippen molar-refractivity contribution >= 4 is 11.6 Å². The molecular weight excluding hydrogens is 328 g/mol. The van der Waals surface area contributed by atoms with Crippen LogP contribution in [0.25, 0.3) is 0 Å². The second-order valence-electron chi connectivity index (χ2n) is 6.60. The van der Waals surface area contributed by atoms with Crippen molar-refractivity contribution in [2.75, 3.05) is 32.6 Å². The number of amides is 1. The lowest BCUT2D eigenvalue weighted by atomic mass is 9.99. The van der Waals surface area contributed by atoms with Gasteiger partial charge in [0.1, 0.15) is 0 Å². The Morgan fingerprint density at radius 2 is 1.92 bits per heavy atom. The lowest BCUT2D eigenvalue weighted by Crippen LogP contribution is -2.33. The molecule has 138 valence electrons. The van der Waals surface area contributed by atoms with Gasteiger partial charge in [-0.25, -0.2) is 0 Å². The van der Waals surface area contributed by atoms with E-state index in [0.29, 0.717) is 29.8 Å². The predicted octanol–water partition coefficient (Wildman–Crippen LogP) is 3.79. The minimum absolute atomic E-state index is 0.0160. The number of benzene rings is 2. The van der Waals surface area contributed by atoms with Crippen LogP contribution >= 0.6 is 0 Å². The highest BCUT2D eigenvalue weighted by Gasteiger charge is 2.28. The summed E-state index contributed by atoms with van der Waals surface area (Å²) in [5.74, 6) is 1.23. The molecule has 26 heavy (non-hydrogen) atoms. The number of nitrogens with zero attached hydrogens (tertiary/aromatic N) is 1. The van der Waals surface area contributed by atoms with Gasteiger partial charge in [-0.1, -0.05) is 24.3 Å². The van der Waals surface area contributed by atoms with Gasteiger partial charge in [0.2, 0.25) is 5.91 Å². The molecule has 1 N–H and O–H groups in total. The molecule has 1 fully saturated rings. The third kappa shape index (κ3) is 3.99. The first kappa shape index (κ1) is 18.3. The third-order valence-electron chi connectivity index (χ3n) is 4.93. The van der Waals surface area contributed by atoms with Gasteiger partial charge in [0.25, 0.3) is 0 Å². The van der Waals surface area contributed by atoms with E-state index in [0.717, 1.165) is 19.4 Å². The quantitative estimate of drug-likeness (QED) is 0.857. The molecule has 1 aliphatic rings. The Labute approximate surface area is 154 Å². The molecule has 0 aromatic heterocycles. The van der Waals surface area contributed by atoms with E-state index in [1.54, 1.807) is 26.4 Å². The highest BCUT2D eigenvalue weighted by molar-refractivity contribution is 5.92. The van der Waals surface area contributed by atoms with Crippen molar-refractivity contribution in [1.29, 1.82) is 0 Å². The number of hydrogen-bond acceptors (Lipinski definition) is 4. The number of nitrogens with one attached hydrogen (secondary N) is 1. The molecule has 1 amide bonds. The summed E-state index contributed by atoms with van der Waals surface area (Å²) in [7, 11) is 3.18. The molecule has 2 aromatic carbocycles. The van der Waals surface area contributed by atoms with Crippen molar-refractivity contribution in [3.8, 4) is 11.5 Å². The first-order chi connectivity index (χ1) is 12.6. The molecule has 1 aliphatic heterocycles. The summed E-state index contributed by atoms with van der Waals surface area (Å²) in [5.41, 5.74) is 3.31. The molecule has 5 heteroatoms. The molecule has 1 saturated heterocycles. The number of ether oxygens (including phenoxy) is 2. The maximum Gasteiger partial charge on any atom is 0.238 e. The average molecular weight is 354 g/mol. The van der Waals surface area contributed by atoms with Gasteiger partial charge < -0.3 is 14.8 Å². The minimum Gasteiger partial charge on any atom is -0.493 e. The first-order valence-electron chi connectivity index (χ1n) is 8.94. The van der Waals surface area contributed by atoms with Crippen LogP contribution in [0.2, 0.25) is 0 Å². The van der Waals surface area contributed by atoms with Crippen LogP contribution in [0, 0.1) is 6.92 Å². The second-order valence-corrected chi connectivity index (χ2v) is 6.60. The number of likely N-dealkylation sites (tertiary alicyclic amines) is 1. The summed E-state index contributed by atoms with van der Waals surface area (Å²) in [6.45, 7) is 3.46. The number of aryl methyl sites for hydroxylation is 1. The zero-order valence-corrected chi connectivity index (χ0v) is 15.6. The zero-order chi connectivity index (χ0) is 18.5. The van der Waals surface area contributed by atoms with E-state index in [9.17, 15) is 4.79 Å². The van der Waals surface area contributed by atoms with Crippen molar-refractivity contribution in [3.63, 3.8) is 0 Å². The van der Waals surface area contributed by atoms with Crippen LogP contribution in [0.15, 0.2) is 42.5 Å². The Balaban J connectivity index is 1.67. The number of methoxy groups -OCH3 is 2. The molecule has 3 rings (SSSR count). The van der Waals surface area contributed by atoms with E-state index in [1.807, 2.05) is 6.07 Å². The van der Waals surface area contributed by atoms with Gasteiger partial charge >= 0.3 is 0 Å². The van der Waals surface area contributed by atoms with E-state index in [4.69, 9.17) is 9.47 Å². The van der Waals surface area contributed by atoms with Gasteiger partial charge in [-0.3, -0.25) is 9.69 Å². The molecule has 0 bridgehead atoms. The Bertz CT molecular complexity index is 776. The first-order valence-corrected chi connectivity index (χ1v) is 8.94. The monoisotopic (exact) mass is 354 g/mol. The molecule has 0 radical (unpaired) electrons. The van der Waals surface area contributed by atoms with E-state index in [1.165, 1.54) is 11.1 Å². The molecule has 0 spiro atoms. The minimum atomic E-state index is -0.0160. The highest BCUT2D eigenvalue weighted by Crippen LogP contribution is 2.33. The largest absolute Gasteiger partial charge is 0.493 e. The van der Waals surface area contributed by atoms with E-state index < -0.39 is 0 Å². The van der Waals surface area contributed by atoms with Crippen molar-refractivity contribution in [2.24, 2.45) is 0 Å². The lowest BCUT2D eigenvalue weighted by Gasteiger charge is -2.25. The Hall–Kier alpha value is -2.53. The van der Waals surface area contributed by atoms with E-state index >= 15 is 0 Å². The molecule has 5 nitrogen and oxygen atoms in total. The van der Waals surface area contributed by atoms with Crippen LogP contribution in [0.1, 0.15) is 30.0 Å². The third-order valence-corrected chi connectivity index (χ3v) is 4.93. The summed E-state index contributed by atoms with van der Waals surface area (Å²) in [4.78, 5) is 14.8. The average Bonchev–Trinajstić information content (AvgIpc) is 3.09. The highest BCUT2D eigenvalue weighted by atomic mass is 16.5. The summed E-state index contributed by atoms with van der Waals surface area (Å²) in [6, 6.07) is 14.1. The summed E-state index contributed by atoms with van der Waals surface area (Å²) >= 11 is 0. The fourth-order valence-corrected chi connectivity index (χ4v) is 3.63. The van der Waals surface area contributed by atoms with Gasteiger partial charge in [-0.2, -0.15) is 0 Å². The number of anilines is 1.